The molecule has 0 radical (unpaired) electrons. The number of carbonyl (C=O) groups is 1. The molecule has 3 aromatic carbocycles. The zero-order chi connectivity index (χ0) is 21.6. The summed E-state index contributed by atoms with van der Waals surface area (Å²) >= 11 is 0. The quantitative estimate of drug-likeness (QED) is 0.350. The molecule has 1 N–H and O–H groups in total. The van der Waals surface area contributed by atoms with Gasteiger partial charge in [-0.3, -0.25) is 4.79 Å². The van der Waals surface area contributed by atoms with Crippen LogP contribution in [-0.4, -0.2) is 23.3 Å². The summed E-state index contributed by atoms with van der Waals surface area (Å²) in [6.07, 6.45) is 1.71. The number of benzene rings is 3. The van der Waals surface area contributed by atoms with Crippen molar-refractivity contribution in [3.05, 3.63) is 101 Å². The molecular weight excluding hydrogens is 386 g/mol. The lowest BCUT2D eigenvalue weighted by Crippen LogP contribution is -2.24. The molecule has 4 rings (SSSR count). The summed E-state index contributed by atoms with van der Waals surface area (Å²) in [5, 5.41) is 5.28. The van der Waals surface area contributed by atoms with E-state index in [-0.39, 0.29) is 12.5 Å². The molecule has 0 saturated carbocycles. The van der Waals surface area contributed by atoms with Crippen molar-refractivity contribution in [2.24, 2.45) is 5.10 Å². The van der Waals surface area contributed by atoms with Crippen LogP contribution in [0, 0.1) is 13.8 Å². The van der Waals surface area contributed by atoms with Crippen molar-refractivity contribution < 1.29 is 9.53 Å². The molecule has 1 heterocycles. The fourth-order valence-electron chi connectivity index (χ4n) is 3.57. The first kappa shape index (κ1) is 20.4. The van der Waals surface area contributed by atoms with Crippen LogP contribution in [0.25, 0.3) is 10.9 Å². The Balaban J connectivity index is 1.47. The van der Waals surface area contributed by atoms with Crippen LogP contribution in [-0.2, 0) is 11.3 Å². The molecule has 0 spiro atoms. The van der Waals surface area contributed by atoms with Crippen LogP contribution >= 0.6 is 0 Å². The Hall–Kier alpha value is -3.86. The van der Waals surface area contributed by atoms with E-state index < -0.39 is 0 Å². The molecule has 5 heteroatoms. The second-order valence-electron chi connectivity index (χ2n) is 7.48. The Labute approximate surface area is 182 Å². The number of hydrogen-bond donors (Lipinski definition) is 1. The van der Waals surface area contributed by atoms with Crippen LogP contribution in [0.15, 0.2) is 84.0 Å². The predicted molar refractivity (Wildman–Crippen MR) is 125 cm³/mol. The second kappa shape index (κ2) is 9.30. The number of hydrazone groups is 1. The standard InChI is InChI=1S/C26H25N3O2/c1-19-12-14-22(15-13-19)31-18-26(30)28-27-16-24-20(2)29(17-21-8-4-3-5-9-21)25-11-7-6-10-23(24)25/h3-16H,17-18H2,1-2H3,(H,28,30)/b27-16-. The molecule has 0 fully saturated rings. The minimum atomic E-state index is -0.303. The van der Waals surface area contributed by atoms with Gasteiger partial charge in [-0.05, 0) is 37.6 Å². The van der Waals surface area contributed by atoms with Gasteiger partial charge in [-0.15, -0.1) is 0 Å². The van der Waals surface area contributed by atoms with Gasteiger partial charge in [-0.1, -0.05) is 66.2 Å². The molecule has 0 bridgehead atoms. The van der Waals surface area contributed by atoms with Gasteiger partial charge in [-0.25, -0.2) is 5.43 Å². The van der Waals surface area contributed by atoms with Gasteiger partial charge < -0.3 is 9.30 Å². The molecule has 5 nitrogen and oxygen atoms in total. The van der Waals surface area contributed by atoms with Crippen LogP contribution in [0.1, 0.15) is 22.4 Å². The van der Waals surface area contributed by atoms with Gasteiger partial charge in [-0.2, -0.15) is 5.10 Å². The van der Waals surface area contributed by atoms with Crippen LogP contribution in [0.4, 0.5) is 0 Å². The summed E-state index contributed by atoms with van der Waals surface area (Å²) in [5.74, 6) is 0.354. The Morgan fingerprint density at radius 3 is 2.45 bits per heavy atom. The van der Waals surface area contributed by atoms with E-state index in [4.69, 9.17) is 4.74 Å². The highest BCUT2D eigenvalue weighted by atomic mass is 16.5. The van der Waals surface area contributed by atoms with Crippen molar-refractivity contribution in [2.45, 2.75) is 20.4 Å². The van der Waals surface area contributed by atoms with E-state index >= 15 is 0 Å². The van der Waals surface area contributed by atoms with Crippen molar-refractivity contribution in [2.75, 3.05) is 6.61 Å². The third-order valence-corrected chi connectivity index (χ3v) is 5.24. The van der Waals surface area contributed by atoms with Gasteiger partial charge in [0.2, 0.25) is 0 Å². The SMILES string of the molecule is Cc1ccc(OCC(=O)N/N=C\c2c(C)n(Cc3ccccc3)c3ccccc23)cc1. The van der Waals surface area contributed by atoms with E-state index in [0.29, 0.717) is 5.75 Å². The molecule has 4 aromatic rings. The molecule has 0 aliphatic heterocycles. The summed E-state index contributed by atoms with van der Waals surface area (Å²) < 4.78 is 7.77. The molecule has 0 saturated heterocycles. The van der Waals surface area contributed by atoms with Crippen molar-refractivity contribution in [3.63, 3.8) is 0 Å². The first-order valence-electron chi connectivity index (χ1n) is 10.2. The highest BCUT2D eigenvalue weighted by Crippen LogP contribution is 2.25. The third-order valence-electron chi connectivity index (χ3n) is 5.24. The van der Waals surface area contributed by atoms with Gasteiger partial charge in [0.1, 0.15) is 5.75 Å². The summed E-state index contributed by atoms with van der Waals surface area (Å²) in [6, 6.07) is 26.2. The van der Waals surface area contributed by atoms with E-state index in [1.807, 2.05) is 61.5 Å². The maximum atomic E-state index is 12.1. The molecule has 0 aliphatic rings. The Bertz CT molecular complexity index is 1210. The number of para-hydroxylation sites is 1. The number of aryl methyl sites for hydroxylation is 1. The molecular formula is C26H25N3O2. The van der Waals surface area contributed by atoms with Crippen LogP contribution < -0.4 is 10.2 Å². The number of carbonyl (C=O) groups excluding carboxylic acids is 1. The fourth-order valence-corrected chi connectivity index (χ4v) is 3.57. The van der Waals surface area contributed by atoms with E-state index in [2.05, 4.69) is 46.3 Å². The number of hydrogen-bond acceptors (Lipinski definition) is 3. The molecule has 0 aliphatic carbocycles. The lowest BCUT2D eigenvalue weighted by molar-refractivity contribution is -0.123. The van der Waals surface area contributed by atoms with Gasteiger partial charge in [0.25, 0.3) is 5.91 Å². The number of ether oxygens (including phenoxy) is 1. The number of aromatic nitrogens is 1. The van der Waals surface area contributed by atoms with Gasteiger partial charge in [0.15, 0.2) is 6.61 Å². The Kier molecular flexibility index (Phi) is 6.13. The molecule has 1 aromatic heterocycles. The fraction of sp³-hybridized carbons (Fsp3) is 0.154. The Morgan fingerprint density at radius 2 is 1.68 bits per heavy atom. The zero-order valence-electron chi connectivity index (χ0n) is 17.7. The van der Waals surface area contributed by atoms with E-state index in [1.54, 1.807) is 6.21 Å². The van der Waals surface area contributed by atoms with Gasteiger partial charge in [0.05, 0.1) is 6.21 Å². The average molecular weight is 412 g/mol. The van der Waals surface area contributed by atoms with Gasteiger partial charge >= 0.3 is 0 Å². The largest absolute Gasteiger partial charge is 0.484 e. The number of nitrogens with one attached hydrogen (secondary N) is 1. The third kappa shape index (κ3) is 4.83. The minimum absolute atomic E-state index is 0.0881. The first-order valence-corrected chi connectivity index (χ1v) is 10.2. The number of rotatable bonds is 7. The minimum Gasteiger partial charge on any atom is -0.484 e. The summed E-state index contributed by atoms with van der Waals surface area (Å²) in [4.78, 5) is 12.1. The highest BCUT2D eigenvalue weighted by Gasteiger charge is 2.12. The predicted octanol–water partition coefficient (Wildman–Crippen LogP) is 4.84. The van der Waals surface area contributed by atoms with Gasteiger partial charge in [0, 0.05) is 28.7 Å². The van der Waals surface area contributed by atoms with E-state index in [9.17, 15) is 4.79 Å². The van der Waals surface area contributed by atoms with Crippen molar-refractivity contribution in [3.8, 4) is 5.75 Å². The van der Waals surface area contributed by atoms with Crippen LogP contribution in [0.2, 0.25) is 0 Å². The van der Waals surface area contributed by atoms with Crippen LogP contribution in [0.3, 0.4) is 0 Å². The first-order chi connectivity index (χ1) is 15.1. The molecule has 0 unspecified atom stereocenters. The number of nitrogens with zero attached hydrogens (tertiary/aromatic N) is 2. The lowest BCUT2D eigenvalue weighted by atomic mass is 10.1. The highest BCUT2D eigenvalue weighted by molar-refractivity contribution is 6.01. The monoisotopic (exact) mass is 411 g/mol. The molecule has 0 atom stereocenters. The maximum Gasteiger partial charge on any atom is 0.277 e. The zero-order valence-corrected chi connectivity index (χ0v) is 17.7. The second-order valence-corrected chi connectivity index (χ2v) is 7.48. The maximum absolute atomic E-state index is 12.1. The molecule has 31 heavy (non-hydrogen) atoms. The number of fused-ring (bicyclic) bond motifs is 1. The topological polar surface area (TPSA) is 55.6 Å². The van der Waals surface area contributed by atoms with Crippen molar-refractivity contribution in [1.29, 1.82) is 0 Å². The Morgan fingerprint density at radius 1 is 0.968 bits per heavy atom. The average Bonchev–Trinajstić information content (AvgIpc) is 3.05. The number of amides is 1. The lowest BCUT2D eigenvalue weighted by Gasteiger charge is -2.08. The molecule has 1 amide bonds. The van der Waals surface area contributed by atoms with Crippen LogP contribution in [0.5, 0.6) is 5.75 Å². The van der Waals surface area contributed by atoms with E-state index in [0.717, 1.165) is 34.3 Å². The summed E-state index contributed by atoms with van der Waals surface area (Å²) in [7, 11) is 0. The normalized spacial score (nSPS) is 11.2. The van der Waals surface area contributed by atoms with Crippen molar-refractivity contribution >= 4 is 23.0 Å². The van der Waals surface area contributed by atoms with E-state index in [1.165, 1.54) is 5.56 Å². The molecule has 156 valence electrons. The van der Waals surface area contributed by atoms with Crippen molar-refractivity contribution in [1.82, 2.24) is 9.99 Å². The summed E-state index contributed by atoms with van der Waals surface area (Å²) in [5.41, 5.74) is 8.16. The summed E-state index contributed by atoms with van der Waals surface area (Å²) in [6.45, 7) is 4.77. The smallest absolute Gasteiger partial charge is 0.277 e.